The van der Waals surface area contributed by atoms with Gasteiger partial charge in [-0.3, -0.25) is 10.1 Å². The van der Waals surface area contributed by atoms with E-state index in [1.54, 1.807) is 12.1 Å². The third-order valence-corrected chi connectivity index (χ3v) is 3.28. The van der Waals surface area contributed by atoms with Crippen LogP contribution in [0.4, 0.5) is 5.69 Å². The summed E-state index contributed by atoms with van der Waals surface area (Å²) in [6.45, 7) is 1.03. The van der Waals surface area contributed by atoms with Crippen LogP contribution >= 0.6 is 0 Å². The van der Waals surface area contributed by atoms with Crippen molar-refractivity contribution in [3.05, 3.63) is 46.1 Å². The molecule has 0 aliphatic carbocycles. The van der Waals surface area contributed by atoms with Gasteiger partial charge in [0.15, 0.2) is 5.76 Å². The number of nitro groups is 1. The zero-order valence-electron chi connectivity index (χ0n) is 12.0. The molecule has 0 atom stereocenters. The largest absolute Gasteiger partial charge is 0.356 e. The number of aryl methyl sites for hydroxylation is 1. The minimum atomic E-state index is -0.416. The van der Waals surface area contributed by atoms with Gasteiger partial charge in [0.1, 0.15) is 0 Å². The maximum atomic E-state index is 10.6. The zero-order chi connectivity index (χ0) is 15.1. The third-order valence-electron chi connectivity index (χ3n) is 3.28. The minimum absolute atomic E-state index is 0.0722. The van der Waals surface area contributed by atoms with Gasteiger partial charge < -0.3 is 9.84 Å². The van der Waals surface area contributed by atoms with Crippen molar-refractivity contribution in [1.82, 2.24) is 10.5 Å². The van der Waals surface area contributed by atoms with Gasteiger partial charge in [0.05, 0.1) is 10.6 Å². The van der Waals surface area contributed by atoms with Crippen molar-refractivity contribution in [3.8, 4) is 11.3 Å². The van der Waals surface area contributed by atoms with E-state index in [0.717, 1.165) is 43.5 Å². The molecule has 6 heteroatoms. The van der Waals surface area contributed by atoms with Gasteiger partial charge in [-0.2, -0.15) is 0 Å². The summed E-state index contributed by atoms with van der Waals surface area (Å²) in [7, 11) is 1.95. The highest BCUT2D eigenvalue weighted by atomic mass is 16.6. The first kappa shape index (κ1) is 15.2. The van der Waals surface area contributed by atoms with E-state index in [9.17, 15) is 10.1 Å². The van der Waals surface area contributed by atoms with Crippen LogP contribution in [0.1, 0.15) is 25.0 Å². The van der Waals surface area contributed by atoms with Crippen molar-refractivity contribution in [2.45, 2.75) is 25.7 Å². The van der Waals surface area contributed by atoms with E-state index in [0.29, 0.717) is 5.76 Å². The van der Waals surface area contributed by atoms with Crippen LogP contribution in [0.3, 0.4) is 0 Å². The second kappa shape index (κ2) is 7.54. The molecule has 0 radical (unpaired) electrons. The van der Waals surface area contributed by atoms with Gasteiger partial charge in [0.25, 0.3) is 5.69 Å². The number of nitrogens with zero attached hydrogens (tertiary/aromatic N) is 2. The Morgan fingerprint density at radius 2 is 2.00 bits per heavy atom. The molecule has 6 nitrogen and oxygen atoms in total. The highest BCUT2D eigenvalue weighted by Gasteiger charge is 2.09. The molecule has 21 heavy (non-hydrogen) atoms. The van der Waals surface area contributed by atoms with Gasteiger partial charge in [-0.1, -0.05) is 11.6 Å². The van der Waals surface area contributed by atoms with Gasteiger partial charge in [-0.15, -0.1) is 0 Å². The van der Waals surface area contributed by atoms with Crippen molar-refractivity contribution in [1.29, 1.82) is 0 Å². The lowest BCUT2D eigenvalue weighted by Crippen LogP contribution is -2.07. The standard InChI is InChI=1S/C15H19N3O3/c1-16-10-4-2-3-5-13-11-15(21-17-13)12-6-8-14(9-7-12)18(19)20/h6-9,11,16H,2-5,10H2,1H3. The third kappa shape index (κ3) is 4.39. The second-order valence-corrected chi connectivity index (χ2v) is 4.90. The van der Waals surface area contributed by atoms with E-state index < -0.39 is 4.92 Å². The van der Waals surface area contributed by atoms with E-state index in [4.69, 9.17) is 4.52 Å². The predicted octanol–water partition coefficient (Wildman–Crippen LogP) is 3.18. The van der Waals surface area contributed by atoms with E-state index in [2.05, 4.69) is 10.5 Å². The summed E-state index contributed by atoms with van der Waals surface area (Å²) in [5.74, 6) is 0.648. The first-order chi connectivity index (χ1) is 10.2. The first-order valence-electron chi connectivity index (χ1n) is 7.05. The maximum Gasteiger partial charge on any atom is 0.269 e. The van der Waals surface area contributed by atoms with Crippen molar-refractivity contribution < 1.29 is 9.45 Å². The van der Waals surface area contributed by atoms with Crippen molar-refractivity contribution in [2.24, 2.45) is 0 Å². The molecule has 1 aromatic carbocycles. The smallest absolute Gasteiger partial charge is 0.269 e. The maximum absolute atomic E-state index is 10.6. The first-order valence-corrected chi connectivity index (χ1v) is 7.05. The van der Waals surface area contributed by atoms with Crippen molar-refractivity contribution in [2.75, 3.05) is 13.6 Å². The Labute approximate surface area is 123 Å². The molecule has 0 amide bonds. The fraction of sp³-hybridized carbons (Fsp3) is 0.400. The SMILES string of the molecule is CNCCCCCc1cc(-c2ccc([N+](=O)[O-])cc2)on1. The van der Waals surface area contributed by atoms with Crippen LogP contribution in [0.2, 0.25) is 0 Å². The highest BCUT2D eigenvalue weighted by molar-refractivity contribution is 5.59. The Kier molecular flexibility index (Phi) is 5.45. The summed E-state index contributed by atoms with van der Waals surface area (Å²) in [6, 6.07) is 8.19. The molecule has 1 aromatic heterocycles. The number of aromatic nitrogens is 1. The molecule has 0 unspecified atom stereocenters. The fourth-order valence-corrected chi connectivity index (χ4v) is 2.10. The van der Waals surface area contributed by atoms with Gasteiger partial charge in [0.2, 0.25) is 0 Å². The van der Waals surface area contributed by atoms with E-state index in [-0.39, 0.29) is 5.69 Å². The molecule has 1 heterocycles. The number of rotatable bonds is 8. The molecule has 1 N–H and O–H groups in total. The van der Waals surface area contributed by atoms with Crippen LogP contribution in [-0.4, -0.2) is 23.7 Å². The summed E-state index contributed by atoms with van der Waals surface area (Å²) in [4.78, 5) is 10.2. The number of unbranched alkanes of at least 4 members (excludes halogenated alkanes) is 2. The summed E-state index contributed by atoms with van der Waals surface area (Å²) < 4.78 is 5.30. The molecule has 0 aliphatic heterocycles. The highest BCUT2D eigenvalue weighted by Crippen LogP contribution is 2.23. The van der Waals surface area contributed by atoms with Crippen LogP contribution in [0.25, 0.3) is 11.3 Å². The Balaban J connectivity index is 1.91. The molecule has 112 valence electrons. The lowest BCUT2D eigenvalue weighted by atomic mass is 10.1. The Bertz CT molecular complexity index is 578. The molecule has 2 rings (SSSR count). The molecule has 0 aliphatic rings. The van der Waals surface area contributed by atoms with Crippen LogP contribution in [0.15, 0.2) is 34.9 Å². The molecule has 0 fully saturated rings. The second-order valence-electron chi connectivity index (χ2n) is 4.90. The lowest BCUT2D eigenvalue weighted by molar-refractivity contribution is -0.384. The topological polar surface area (TPSA) is 81.2 Å². The molecular formula is C15H19N3O3. The molecule has 0 bridgehead atoms. The average molecular weight is 289 g/mol. The normalized spacial score (nSPS) is 10.7. The van der Waals surface area contributed by atoms with Gasteiger partial charge in [-0.25, -0.2) is 0 Å². The number of benzene rings is 1. The molecule has 2 aromatic rings. The quantitative estimate of drug-likeness (QED) is 0.458. The average Bonchev–Trinajstić information content (AvgIpc) is 2.96. The van der Waals surface area contributed by atoms with E-state index >= 15 is 0 Å². The zero-order valence-corrected chi connectivity index (χ0v) is 12.0. The minimum Gasteiger partial charge on any atom is -0.356 e. The Morgan fingerprint density at radius 3 is 2.67 bits per heavy atom. The number of non-ortho nitro benzene ring substituents is 1. The molecule has 0 spiro atoms. The van der Waals surface area contributed by atoms with Crippen LogP contribution in [0, 0.1) is 10.1 Å². The Hall–Kier alpha value is -2.21. The van der Waals surface area contributed by atoms with E-state index in [1.807, 2.05) is 13.1 Å². The van der Waals surface area contributed by atoms with Crippen molar-refractivity contribution >= 4 is 5.69 Å². The summed E-state index contributed by atoms with van der Waals surface area (Å²) in [5.41, 5.74) is 1.80. The van der Waals surface area contributed by atoms with Crippen LogP contribution < -0.4 is 5.32 Å². The van der Waals surface area contributed by atoms with Gasteiger partial charge >= 0.3 is 0 Å². The van der Waals surface area contributed by atoms with Crippen LogP contribution in [-0.2, 0) is 6.42 Å². The lowest BCUT2D eigenvalue weighted by Gasteiger charge is -1.97. The summed E-state index contributed by atoms with van der Waals surface area (Å²) in [6.07, 6.45) is 4.28. The number of hydrogen-bond donors (Lipinski definition) is 1. The fourth-order valence-electron chi connectivity index (χ4n) is 2.10. The molecular weight excluding hydrogens is 270 g/mol. The van der Waals surface area contributed by atoms with E-state index in [1.165, 1.54) is 12.1 Å². The number of nitrogens with one attached hydrogen (secondary N) is 1. The van der Waals surface area contributed by atoms with Gasteiger partial charge in [0, 0.05) is 23.8 Å². The van der Waals surface area contributed by atoms with Crippen molar-refractivity contribution in [3.63, 3.8) is 0 Å². The number of nitro benzene ring substituents is 1. The van der Waals surface area contributed by atoms with Crippen LogP contribution in [0.5, 0.6) is 0 Å². The molecule has 0 saturated heterocycles. The predicted molar refractivity (Wildman–Crippen MR) is 80.1 cm³/mol. The Morgan fingerprint density at radius 1 is 1.24 bits per heavy atom. The monoisotopic (exact) mass is 289 g/mol. The van der Waals surface area contributed by atoms with Gasteiger partial charge in [-0.05, 0) is 45.0 Å². The number of hydrogen-bond acceptors (Lipinski definition) is 5. The molecule has 0 saturated carbocycles. The summed E-state index contributed by atoms with van der Waals surface area (Å²) >= 11 is 0. The summed E-state index contributed by atoms with van der Waals surface area (Å²) in [5, 5.41) is 17.8.